The van der Waals surface area contributed by atoms with Gasteiger partial charge in [0, 0.05) is 12.0 Å². The summed E-state index contributed by atoms with van der Waals surface area (Å²) in [5, 5.41) is 7.95. The number of nitrogens with zero attached hydrogens (tertiary/aromatic N) is 2. The van der Waals surface area contributed by atoms with Crippen molar-refractivity contribution in [1.82, 2.24) is 10.2 Å². The fourth-order valence-corrected chi connectivity index (χ4v) is 1.99. The molecule has 20 heavy (non-hydrogen) atoms. The van der Waals surface area contributed by atoms with Crippen LogP contribution in [-0.4, -0.2) is 10.2 Å². The average Bonchev–Trinajstić information content (AvgIpc) is 2.95. The molecule has 100 valence electrons. The van der Waals surface area contributed by atoms with Crippen molar-refractivity contribution in [3.05, 3.63) is 71.9 Å². The Hall–Kier alpha value is -2.49. The van der Waals surface area contributed by atoms with Gasteiger partial charge in [-0.05, 0) is 30.2 Å². The normalized spacial score (nSPS) is 10.7. The second-order valence-corrected chi connectivity index (χ2v) is 4.50. The van der Waals surface area contributed by atoms with Crippen molar-refractivity contribution < 1.29 is 8.81 Å². The second-order valence-electron chi connectivity index (χ2n) is 4.50. The molecule has 0 atom stereocenters. The number of hydrogen-bond donors (Lipinski definition) is 0. The molecule has 1 heterocycles. The highest BCUT2D eigenvalue weighted by molar-refractivity contribution is 5.52. The fraction of sp³-hybridized carbons (Fsp3) is 0.125. The van der Waals surface area contributed by atoms with E-state index in [1.54, 1.807) is 12.1 Å². The van der Waals surface area contributed by atoms with Crippen LogP contribution in [0.4, 0.5) is 4.39 Å². The largest absolute Gasteiger partial charge is 0.421 e. The van der Waals surface area contributed by atoms with Gasteiger partial charge in [0.15, 0.2) is 0 Å². The lowest BCUT2D eigenvalue weighted by Gasteiger charge is -1.97. The molecule has 2 aromatic carbocycles. The number of benzene rings is 2. The fourth-order valence-electron chi connectivity index (χ4n) is 1.99. The van der Waals surface area contributed by atoms with Crippen molar-refractivity contribution in [2.75, 3.05) is 0 Å². The van der Waals surface area contributed by atoms with Gasteiger partial charge in [0.1, 0.15) is 5.82 Å². The summed E-state index contributed by atoms with van der Waals surface area (Å²) in [6.45, 7) is 0. The van der Waals surface area contributed by atoms with Crippen LogP contribution in [0.1, 0.15) is 11.5 Å². The van der Waals surface area contributed by atoms with E-state index in [2.05, 4.69) is 22.3 Å². The molecule has 0 N–H and O–H groups in total. The Labute approximate surface area is 116 Å². The van der Waals surface area contributed by atoms with Crippen LogP contribution in [0.25, 0.3) is 11.5 Å². The molecule has 3 rings (SSSR count). The van der Waals surface area contributed by atoms with Crippen molar-refractivity contribution in [3.8, 4) is 11.5 Å². The number of hydrogen-bond acceptors (Lipinski definition) is 3. The van der Waals surface area contributed by atoms with Crippen LogP contribution in [0.15, 0.2) is 59.0 Å². The average molecular weight is 268 g/mol. The molecule has 0 saturated heterocycles. The van der Waals surface area contributed by atoms with E-state index in [0.717, 1.165) is 6.42 Å². The molecule has 0 aliphatic heterocycles. The summed E-state index contributed by atoms with van der Waals surface area (Å²) in [5.41, 5.74) is 1.82. The summed E-state index contributed by atoms with van der Waals surface area (Å²) in [4.78, 5) is 0. The summed E-state index contributed by atoms with van der Waals surface area (Å²) in [6.07, 6.45) is 1.51. The van der Waals surface area contributed by atoms with E-state index in [9.17, 15) is 4.39 Å². The molecule has 0 saturated carbocycles. The molecule has 0 amide bonds. The van der Waals surface area contributed by atoms with Gasteiger partial charge in [-0.25, -0.2) is 4.39 Å². The van der Waals surface area contributed by atoms with Gasteiger partial charge in [-0.2, -0.15) is 0 Å². The Bertz CT molecular complexity index is 694. The molecular weight excluding hydrogens is 255 g/mol. The summed E-state index contributed by atoms with van der Waals surface area (Å²) >= 11 is 0. The first kappa shape index (κ1) is 12.5. The zero-order chi connectivity index (χ0) is 13.8. The van der Waals surface area contributed by atoms with Crippen molar-refractivity contribution in [1.29, 1.82) is 0 Å². The number of aromatic nitrogens is 2. The molecule has 3 aromatic rings. The van der Waals surface area contributed by atoms with E-state index in [1.165, 1.54) is 17.7 Å². The lowest BCUT2D eigenvalue weighted by molar-refractivity contribution is 0.504. The van der Waals surface area contributed by atoms with Crippen molar-refractivity contribution in [3.63, 3.8) is 0 Å². The van der Waals surface area contributed by atoms with Crippen molar-refractivity contribution in [2.45, 2.75) is 12.8 Å². The van der Waals surface area contributed by atoms with Crippen molar-refractivity contribution >= 4 is 0 Å². The van der Waals surface area contributed by atoms with Gasteiger partial charge in [0.2, 0.25) is 11.8 Å². The lowest BCUT2D eigenvalue weighted by Crippen LogP contribution is -1.90. The lowest BCUT2D eigenvalue weighted by atomic mass is 10.1. The molecule has 0 spiro atoms. The molecule has 0 bridgehead atoms. The first-order valence-electron chi connectivity index (χ1n) is 6.43. The molecule has 3 nitrogen and oxygen atoms in total. The van der Waals surface area contributed by atoms with Gasteiger partial charge in [-0.1, -0.05) is 36.4 Å². The summed E-state index contributed by atoms with van der Waals surface area (Å²) in [5.74, 6) is 0.604. The molecule has 4 heteroatoms. The van der Waals surface area contributed by atoms with Gasteiger partial charge in [-0.15, -0.1) is 10.2 Å². The van der Waals surface area contributed by atoms with Crippen LogP contribution in [0, 0.1) is 5.82 Å². The Morgan fingerprint density at radius 2 is 1.75 bits per heavy atom. The van der Waals surface area contributed by atoms with Crippen LogP contribution < -0.4 is 0 Å². The zero-order valence-electron chi connectivity index (χ0n) is 10.8. The van der Waals surface area contributed by atoms with Gasteiger partial charge in [0.05, 0.1) is 0 Å². The molecule has 0 radical (unpaired) electrons. The van der Waals surface area contributed by atoms with Crippen LogP contribution in [0.2, 0.25) is 0 Å². The molecule has 0 aliphatic rings. The Kier molecular flexibility index (Phi) is 3.54. The highest BCUT2D eigenvalue weighted by Gasteiger charge is 2.09. The van der Waals surface area contributed by atoms with Gasteiger partial charge in [-0.3, -0.25) is 0 Å². The van der Waals surface area contributed by atoms with Gasteiger partial charge < -0.3 is 4.42 Å². The third-order valence-electron chi connectivity index (χ3n) is 3.01. The van der Waals surface area contributed by atoms with E-state index in [1.807, 2.05) is 18.2 Å². The summed E-state index contributed by atoms with van der Waals surface area (Å²) in [6, 6.07) is 16.2. The smallest absolute Gasteiger partial charge is 0.247 e. The van der Waals surface area contributed by atoms with Crippen LogP contribution >= 0.6 is 0 Å². The molecular formula is C16H13FN2O. The maximum absolute atomic E-state index is 13.1. The monoisotopic (exact) mass is 268 g/mol. The Morgan fingerprint density at radius 1 is 0.900 bits per heavy atom. The minimum Gasteiger partial charge on any atom is -0.421 e. The molecule has 0 fully saturated rings. The van der Waals surface area contributed by atoms with Gasteiger partial charge in [0.25, 0.3) is 0 Å². The summed E-state index contributed by atoms with van der Waals surface area (Å²) in [7, 11) is 0. The maximum atomic E-state index is 13.1. The number of aryl methyl sites for hydroxylation is 2. The van der Waals surface area contributed by atoms with E-state index in [-0.39, 0.29) is 5.82 Å². The van der Waals surface area contributed by atoms with Crippen LogP contribution in [0.5, 0.6) is 0 Å². The maximum Gasteiger partial charge on any atom is 0.247 e. The SMILES string of the molecule is Fc1cccc(-c2nnc(CCc3ccccc3)o2)c1. The van der Waals surface area contributed by atoms with E-state index >= 15 is 0 Å². The van der Waals surface area contributed by atoms with E-state index in [4.69, 9.17) is 4.42 Å². The third kappa shape index (κ3) is 2.91. The quantitative estimate of drug-likeness (QED) is 0.724. The topological polar surface area (TPSA) is 38.9 Å². The first-order chi connectivity index (χ1) is 9.81. The highest BCUT2D eigenvalue weighted by Crippen LogP contribution is 2.19. The standard InChI is InChI=1S/C16H13FN2O/c17-14-8-4-7-13(11-14)16-19-18-15(20-16)10-9-12-5-2-1-3-6-12/h1-8,11H,9-10H2. The molecule has 0 aliphatic carbocycles. The minimum atomic E-state index is -0.313. The van der Waals surface area contributed by atoms with Crippen LogP contribution in [-0.2, 0) is 12.8 Å². The van der Waals surface area contributed by atoms with E-state index < -0.39 is 0 Å². The minimum absolute atomic E-state index is 0.313. The predicted octanol–water partition coefficient (Wildman–Crippen LogP) is 3.66. The Balaban J connectivity index is 1.71. The second kappa shape index (κ2) is 5.65. The number of rotatable bonds is 4. The highest BCUT2D eigenvalue weighted by atomic mass is 19.1. The Morgan fingerprint density at radius 3 is 2.55 bits per heavy atom. The first-order valence-corrected chi connectivity index (χ1v) is 6.43. The molecule has 0 unspecified atom stereocenters. The van der Waals surface area contributed by atoms with E-state index in [0.29, 0.717) is 23.8 Å². The predicted molar refractivity (Wildman–Crippen MR) is 73.5 cm³/mol. The summed E-state index contributed by atoms with van der Waals surface area (Å²) < 4.78 is 18.7. The van der Waals surface area contributed by atoms with Gasteiger partial charge >= 0.3 is 0 Å². The van der Waals surface area contributed by atoms with Crippen LogP contribution in [0.3, 0.4) is 0 Å². The third-order valence-corrected chi connectivity index (χ3v) is 3.01. The van der Waals surface area contributed by atoms with Crippen molar-refractivity contribution in [2.24, 2.45) is 0 Å². The zero-order valence-corrected chi connectivity index (χ0v) is 10.8. The molecule has 1 aromatic heterocycles. The number of halogens is 1.